The van der Waals surface area contributed by atoms with Crippen LogP contribution in [-0.4, -0.2) is 6.29 Å². The van der Waals surface area contributed by atoms with Gasteiger partial charge in [0.15, 0.2) is 0 Å². The van der Waals surface area contributed by atoms with E-state index >= 15 is 0 Å². The van der Waals surface area contributed by atoms with E-state index in [1.54, 1.807) is 32.9 Å². The summed E-state index contributed by atoms with van der Waals surface area (Å²) in [5, 5.41) is 0. The van der Waals surface area contributed by atoms with Crippen molar-refractivity contribution in [2.45, 2.75) is 53.2 Å². The van der Waals surface area contributed by atoms with Crippen molar-refractivity contribution < 1.29 is 31.4 Å². The van der Waals surface area contributed by atoms with Crippen LogP contribution in [0.15, 0.2) is 24.3 Å². The summed E-state index contributed by atoms with van der Waals surface area (Å²) in [5.41, 5.74) is 0.248. The summed E-state index contributed by atoms with van der Waals surface area (Å²) in [6.45, 7) is 9.08. The molecule has 0 fully saturated rings. The van der Waals surface area contributed by atoms with Gasteiger partial charge in [0.2, 0.25) is 41.1 Å². The number of halogens is 5. The van der Waals surface area contributed by atoms with Crippen molar-refractivity contribution in [1.82, 2.24) is 0 Å². The number of ether oxygens (including phenoxy) is 2. The molecule has 7 heteroatoms. The van der Waals surface area contributed by atoms with Crippen LogP contribution in [0.2, 0.25) is 0 Å². The fraction of sp³-hybridized carbons (Fsp3) is 0.429. The van der Waals surface area contributed by atoms with Crippen LogP contribution in [0.3, 0.4) is 0 Å². The Hall–Kier alpha value is -2.31. The topological polar surface area (TPSA) is 18.5 Å². The number of rotatable bonds is 6. The molecule has 2 rings (SSSR count). The fourth-order valence-corrected chi connectivity index (χ4v) is 2.41. The maximum Gasteiger partial charge on any atom is 0.246 e. The van der Waals surface area contributed by atoms with Crippen molar-refractivity contribution in [3.05, 3.63) is 58.9 Å². The first-order valence-corrected chi connectivity index (χ1v) is 8.92. The monoisotopic (exact) mass is 402 g/mol. The molecule has 2 nitrogen and oxygen atoms in total. The van der Waals surface area contributed by atoms with E-state index < -0.39 is 46.5 Å². The summed E-state index contributed by atoms with van der Waals surface area (Å²) < 4.78 is 78.9. The Bertz CT molecular complexity index is 799. The second-order valence-corrected chi connectivity index (χ2v) is 7.71. The summed E-state index contributed by atoms with van der Waals surface area (Å²) in [5.74, 6) is -11.1. The maximum absolute atomic E-state index is 14.0. The first-order valence-electron chi connectivity index (χ1n) is 8.92. The molecule has 0 aliphatic heterocycles. The van der Waals surface area contributed by atoms with E-state index in [1.165, 1.54) is 0 Å². The highest BCUT2D eigenvalue weighted by molar-refractivity contribution is 5.31. The van der Waals surface area contributed by atoms with Crippen LogP contribution in [0.5, 0.6) is 11.5 Å². The minimum absolute atomic E-state index is 0.343. The zero-order chi connectivity index (χ0) is 21.2. The third kappa shape index (κ3) is 4.56. The van der Waals surface area contributed by atoms with Gasteiger partial charge in [0.1, 0.15) is 5.75 Å². The van der Waals surface area contributed by atoms with Crippen LogP contribution in [0, 0.1) is 34.5 Å². The van der Waals surface area contributed by atoms with E-state index in [4.69, 9.17) is 9.47 Å². The molecule has 0 saturated carbocycles. The Morgan fingerprint density at radius 2 is 1.25 bits per heavy atom. The van der Waals surface area contributed by atoms with E-state index in [1.807, 2.05) is 12.1 Å². The zero-order valence-corrected chi connectivity index (χ0v) is 16.4. The standard InChI is InChI=1S/C21H23F5O2/c1-6-11(2)12-7-9-13(10-8-12)27-20(21(3,4)5)28-19-17(25)15(23)14(22)16(24)18(19)26/h7-11,20H,6H2,1-5H3. The van der Waals surface area contributed by atoms with E-state index in [9.17, 15) is 22.0 Å². The zero-order valence-electron chi connectivity index (χ0n) is 16.4. The first kappa shape index (κ1) is 22.0. The lowest BCUT2D eigenvalue weighted by molar-refractivity contribution is -0.0773. The molecule has 154 valence electrons. The van der Waals surface area contributed by atoms with Gasteiger partial charge in [-0.1, -0.05) is 46.8 Å². The Balaban J connectivity index is 2.34. The average Bonchev–Trinajstić information content (AvgIpc) is 2.66. The molecular weight excluding hydrogens is 379 g/mol. The lowest BCUT2D eigenvalue weighted by Crippen LogP contribution is -2.38. The molecule has 2 atom stereocenters. The van der Waals surface area contributed by atoms with Gasteiger partial charge in [0.25, 0.3) is 0 Å². The second-order valence-electron chi connectivity index (χ2n) is 7.71. The smallest absolute Gasteiger partial charge is 0.246 e. The lowest BCUT2D eigenvalue weighted by atomic mass is 9.95. The van der Waals surface area contributed by atoms with Crippen molar-refractivity contribution in [2.24, 2.45) is 5.41 Å². The number of hydrogen-bond donors (Lipinski definition) is 0. The highest BCUT2D eigenvalue weighted by Gasteiger charge is 2.34. The molecule has 0 spiro atoms. The largest absolute Gasteiger partial charge is 0.454 e. The SMILES string of the molecule is CCC(C)c1ccc(OC(Oc2c(F)c(F)c(F)c(F)c2F)C(C)(C)C)cc1. The maximum atomic E-state index is 14.0. The molecule has 0 aromatic heterocycles. The van der Waals surface area contributed by atoms with Gasteiger partial charge in [-0.2, -0.15) is 8.78 Å². The minimum Gasteiger partial charge on any atom is -0.454 e. The Kier molecular flexibility index (Phi) is 6.57. The van der Waals surface area contributed by atoms with Crippen LogP contribution >= 0.6 is 0 Å². The first-order chi connectivity index (χ1) is 13.0. The number of hydrogen-bond acceptors (Lipinski definition) is 2. The van der Waals surface area contributed by atoms with Crippen LogP contribution in [0.25, 0.3) is 0 Å². The Morgan fingerprint density at radius 3 is 1.68 bits per heavy atom. The van der Waals surface area contributed by atoms with Crippen molar-refractivity contribution in [3.8, 4) is 11.5 Å². The van der Waals surface area contributed by atoms with Crippen LogP contribution in [0.1, 0.15) is 52.5 Å². The molecule has 0 aliphatic carbocycles. The lowest BCUT2D eigenvalue weighted by Gasteiger charge is -2.31. The van der Waals surface area contributed by atoms with E-state index in [-0.39, 0.29) is 0 Å². The summed E-state index contributed by atoms with van der Waals surface area (Å²) in [4.78, 5) is 0. The Labute approximate surface area is 161 Å². The number of benzene rings is 2. The summed E-state index contributed by atoms with van der Waals surface area (Å²) in [6.07, 6.45) is -0.357. The van der Waals surface area contributed by atoms with Crippen molar-refractivity contribution >= 4 is 0 Å². The van der Waals surface area contributed by atoms with E-state index in [2.05, 4.69) is 13.8 Å². The molecule has 0 aliphatic rings. The van der Waals surface area contributed by atoms with Gasteiger partial charge in [-0.15, -0.1) is 0 Å². The average molecular weight is 402 g/mol. The third-order valence-electron chi connectivity index (χ3n) is 4.41. The van der Waals surface area contributed by atoms with E-state index in [0.29, 0.717) is 11.7 Å². The van der Waals surface area contributed by atoms with Gasteiger partial charge in [0.05, 0.1) is 0 Å². The summed E-state index contributed by atoms with van der Waals surface area (Å²) >= 11 is 0. The quantitative estimate of drug-likeness (QED) is 0.231. The predicted molar refractivity (Wildman–Crippen MR) is 95.9 cm³/mol. The van der Waals surface area contributed by atoms with Gasteiger partial charge in [-0.05, 0) is 30.0 Å². The van der Waals surface area contributed by atoms with Crippen LogP contribution in [0.4, 0.5) is 22.0 Å². The molecule has 0 saturated heterocycles. The molecule has 2 unspecified atom stereocenters. The van der Waals surface area contributed by atoms with Gasteiger partial charge in [-0.25, -0.2) is 13.2 Å². The van der Waals surface area contributed by atoms with E-state index in [0.717, 1.165) is 12.0 Å². The van der Waals surface area contributed by atoms with Crippen molar-refractivity contribution in [3.63, 3.8) is 0 Å². The molecule has 0 heterocycles. The van der Waals surface area contributed by atoms with Crippen molar-refractivity contribution in [1.29, 1.82) is 0 Å². The summed E-state index contributed by atoms with van der Waals surface area (Å²) in [6, 6.07) is 7.04. The van der Waals surface area contributed by atoms with Gasteiger partial charge < -0.3 is 9.47 Å². The molecule has 0 radical (unpaired) electrons. The summed E-state index contributed by atoms with van der Waals surface area (Å²) in [7, 11) is 0. The fourth-order valence-electron chi connectivity index (χ4n) is 2.41. The molecule has 28 heavy (non-hydrogen) atoms. The predicted octanol–water partition coefficient (Wildman–Crippen LogP) is 6.73. The normalized spacial score (nSPS) is 13.9. The van der Waals surface area contributed by atoms with Crippen molar-refractivity contribution in [2.75, 3.05) is 0 Å². The Morgan fingerprint density at radius 1 is 0.786 bits per heavy atom. The highest BCUT2D eigenvalue weighted by atomic mass is 19.2. The molecule has 2 aromatic carbocycles. The van der Waals surface area contributed by atoms with Gasteiger partial charge in [0, 0.05) is 5.41 Å². The molecule has 2 aromatic rings. The molecular formula is C21H23F5O2. The second kappa shape index (κ2) is 8.37. The van der Waals surface area contributed by atoms with Crippen LogP contribution < -0.4 is 9.47 Å². The minimum atomic E-state index is -2.24. The highest BCUT2D eigenvalue weighted by Crippen LogP contribution is 2.34. The molecule has 0 amide bonds. The van der Waals surface area contributed by atoms with Crippen LogP contribution in [-0.2, 0) is 0 Å². The molecule has 0 bridgehead atoms. The third-order valence-corrected chi connectivity index (χ3v) is 4.41. The molecule has 0 N–H and O–H groups in total. The van der Waals surface area contributed by atoms with Gasteiger partial charge >= 0.3 is 0 Å². The van der Waals surface area contributed by atoms with Gasteiger partial charge in [-0.3, -0.25) is 0 Å².